The van der Waals surface area contributed by atoms with E-state index in [0.717, 1.165) is 24.8 Å². The van der Waals surface area contributed by atoms with Crippen LogP contribution in [0.2, 0.25) is 0 Å². The lowest BCUT2D eigenvalue weighted by Crippen LogP contribution is -2.37. The number of hydrogen-bond acceptors (Lipinski definition) is 3. The van der Waals surface area contributed by atoms with Gasteiger partial charge in [-0.3, -0.25) is 4.79 Å². The second-order valence-corrected chi connectivity index (χ2v) is 5.48. The predicted octanol–water partition coefficient (Wildman–Crippen LogP) is 3.12. The molecule has 4 heteroatoms. The first-order valence-corrected chi connectivity index (χ1v) is 7.68. The molecule has 0 bridgehead atoms. The van der Waals surface area contributed by atoms with Crippen molar-refractivity contribution in [2.24, 2.45) is 0 Å². The number of aliphatic hydroxyl groups excluding tert-OH is 1. The molecule has 0 saturated carbocycles. The molecule has 0 aromatic heterocycles. The fourth-order valence-corrected chi connectivity index (χ4v) is 2.08. The van der Waals surface area contributed by atoms with Crippen LogP contribution in [0, 0.1) is 6.92 Å². The van der Waals surface area contributed by atoms with Crippen LogP contribution in [0.5, 0.6) is 5.75 Å². The van der Waals surface area contributed by atoms with Gasteiger partial charge in [0, 0.05) is 12.1 Å². The second kappa shape index (κ2) is 8.67. The van der Waals surface area contributed by atoms with Gasteiger partial charge in [0.15, 0.2) is 6.10 Å². The molecule has 0 heterocycles. The number of benzene rings is 1. The summed E-state index contributed by atoms with van der Waals surface area (Å²) in [5.74, 6) is 0.440. The number of aliphatic hydroxyl groups is 1. The molecule has 1 rings (SSSR count). The van der Waals surface area contributed by atoms with Crippen molar-refractivity contribution in [3.8, 4) is 5.75 Å². The fourth-order valence-electron chi connectivity index (χ4n) is 2.08. The first-order valence-electron chi connectivity index (χ1n) is 7.68. The summed E-state index contributed by atoms with van der Waals surface area (Å²) in [6, 6.07) is 5.59. The first-order chi connectivity index (χ1) is 9.95. The van der Waals surface area contributed by atoms with Gasteiger partial charge in [0.1, 0.15) is 5.75 Å². The van der Waals surface area contributed by atoms with Gasteiger partial charge in [0.2, 0.25) is 0 Å². The van der Waals surface area contributed by atoms with Crippen molar-refractivity contribution in [3.63, 3.8) is 0 Å². The highest BCUT2D eigenvalue weighted by Crippen LogP contribution is 2.27. The molecule has 0 saturated heterocycles. The van der Waals surface area contributed by atoms with Crippen LogP contribution in [0.1, 0.15) is 57.3 Å². The van der Waals surface area contributed by atoms with Gasteiger partial charge in [-0.05, 0) is 39.3 Å². The van der Waals surface area contributed by atoms with Gasteiger partial charge >= 0.3 is 0 Å². The van der Waals surface area contributed by atoms with Crippen molar-refractivity contribution in [2.45, 2.75) is 59.2 Å². The summed E-state index contributed by atoms with van der Waals surface area (Å²) in [6.07, 6.45) is 2.02. The predicted molar refractivity (Wildman–Crippen MR) is 84.4 cm³/mol. The van der Waals surface area contributed by atoms with Gasteiger partial charge in [-0.15, -0.1) is 0 Å². The SMILES string of the molecule is CCCCCNC(=O)C(C)Oc1ccc(C)cc1[C@H](C)O. The van der Waals surface area contributed by atoms with Crippen LogP contribution in [-0.4, -0.2) is 23.7 Å². The third-order valence-electron chi connectivity index (χ3n) is 3.37. The van der Waals surface area contributed by atoms with Crippen molar-refractivity contribution in [1.29, 1.82) is 0 Å². The van der Waals surface area contributed by atoms with Crippen LogP contribution in [0.25, 0.3) is 0 Å². The molecule has 0 radical (unpaired) electrons. The molecule has 0 aliphatic heterocycles. The Labute approximate surface area is 127 Å². The van der Waals surface area contributed by atoms with E-state index in [1.54, 1.807) is 19.9 Å². The smallest absolute Gasteiger partial charge is 0.260 e. The highest BCUT2D eigenvalue weighted by Gasteiger charge is 2.17. The highest BCUT2D eigenvalue weighted by atomic mass is 16.5. The number of carbonyl (C=O) groups is 1. The zero-order valence-electron chi connectivity index (χ0n) is 13.5. The van der Waals surface area contributed by atoms with Gasteiger partial charge < -0.3 is 15.2 Å². The van der Waals surface area contributed by atoms with E-state index in [-0.39, 0.29) is 5.91 Å². The number of nitrogens with one attached hydrogen (secondary N) is 1. The van der Waals surface area contributed by atoms with Crippen LogP contribution < -0.4 is 10.1 Å². The van der Waals surface area contributed by atoms with Crippen LogP contribution in [-0.2, 0) is 4.79 Å². The van der Waals surface area contributed by atoms with Gasteiger partial charge in [-0.1, -0.05) is 31.4 Å². The summed E-state index contributed by atoms with van der Waals surface area (Å²) in [4.78, 5) is 12.0. The number of unbranched alkanes of at least 4 members (excludes halogenated alkanes) is 2. The van der Waals surface area contributed by atoms with Gasteiger partial charge in [0.05, 0.1) is 6.10 Å². The number of rotatable bonds is 8. The number of amides is 1. The van der Waals surface area contributed by atoms with E-state index >= 15 is 0 Å². The van der Waals surface area contributed by atoms with E-state index < -0.39 is 12.2 Å². The molecule has 0 spiro atoms. The van der Waals surface area contributed by atoms with Crippen LogP contribution in [0.4, 0.5) is 0 Å². The molecule has 1 aromatic carbocycles. The summed E-state index contributed by atoms with van der Waals surface area (Å²) in [5, 5.41) is 12.7. The van der Waals surface area contributed by atoms with E-state index in [9.17, 15) is 9.90 Å². The van der Waals surface area contributed by atoms with Gasteiger partial charge in [-0.25, -0.2) is 0 Å². The van der Waals surface area contributed by atoms with Gasteiger partial charge in [-0.2, -0.15) is 0 Å². The molecule has 2 N–H and O–H groups in total. The normalized spacial score (nSPS) is 13.6. The highest BCUT2D eigenvalue weighted by molar-refractivity contribution is 5.80. The second-order valence-electron chi connectivity index (χ2n) is 5.48. The molecule has 0 aliphatic rings. The average molecular weight is 293 g/mol. The molecule has 4 nitrogen and oxygen atoms in total. The summed E-state index contributed by atoms with van der Waals surface area (Å²) >= 11 is 0. The Morgan fingerprint density at radius 3 is 2.67 bits per heavy atom. The maximum Gasteiger partial charge on any atom is 0.260 e. The number of aryl methyl sites for hydroxylation is 1. The molecule has 118 valence electrons. The molecular weight excluding hydrogens is 266 g/mol. The van der Waals surface area contributed by atoms with Crippen LogP contribution in [0.15, 0.2) is 18.2 Å². The summed E-state index contributed by atoms with van der Waals surface area (Å²) in [7, 11) is 0. The topological polar surface area (TPSA) is 58.6 Å². The summed E-state index contributed by atoms with van der Waals surface area (Å²) < 4.78 is 5.71. The zero-order chi connectivity index (χ0) is 15.8. The van der Waals surface area contributed by atoms with Crippen molar-refractivity contribution in [1.82, 2.24) is 5.32 Å². The number of hydrogen-bond donors (Lipinski definition) is 2. The lowest BCUT2D eigenvalue weighted by Gasteiger charge is -2.19. The Morgan fingerprint density at radius 1 is 1.33 bits per heavy atom. The lowest BCUT2D eigenvalue weighted by atomic mass is 10.1. The van der Waals surface area contributed by atoms with Crippen LogP contribution in [0.3, 0.4) is 0 Å². The van der Waals surface area contributed by atoms with E-state index in [1.807, 2.05) is 19.1 Å². The Balaban J connectivity index is 2.61. The number of carbonyl (C=O) groups excluding carboxylic acids is 1. The summed E-state index contributed by atoms with van der Waals surface area (Å²) in [5.41, 5.74) is 1.76. The minimum Gasteiger partial charge on any atom is -0.481 e. The zero-order valence-corrected chi connectivity index (χ0v) is 13.5. The summed E-state index contributed by atoms with van der Waals surface area (Å²) in [6.45, 7) is 8.18. The van der Waals surface area contributed by atoms with E-state index in [1.165, 1.54) is 0 Å². The average Bonchev–Trinajstić information content (AvgIpc) is 2.44. The van der Waals surface area contributed by atoms with Crippen molar-refractivity contribution < 1.29 is 14.6 Å². The molecular formula is C17H27NO3. The first kappa shape index (κ1) is 17.5. The Bertz CT molecular complexity index is 457. The van der Waals surface area contributed by atoms with Gasteiger partial charge in [0.25, 0.3) is 5.91 Å². The molecule has 21 heavy (non-hydrogen) atoms. The molecule has 1 unspecified atom stereocenters. The Kier molecular flexibility index (Phi) is 7.23. The fraction of sp³-hybridized carbons (Fsp3) is 0.588. The van der Waals surface area contributed by atoms with E-state index in [2.05, 4.69) is 12.2 Å². The number of ether oxygens (including phenoxy) is 1. The molecule has 1 aromatic rings. The molecule has 2 atom stereocenters. The molecule has 0 aliphatic carbocycles. The van der Waals surface area contributed by atoms with Crippen molar-refractivity contribution in [3.05, 3.63) is 29.3 Å². The largest absolute Gasteiger partial charge is 0.481 e. The maximum atomic E-state index is 12.0. The third kappa shape index (κ3) is 5.76. The molecule has 0 fully saturated rings. The molecule has 1 amide bonds. The Hall–Kier alpha value is -1.55. The maximum absolute atomic E-state index is 12.0. The lowest BCUT2D eigenvalue weighted by molar-refractivity contribution is -0.127. The van der Waals surface area contributed by atoms with Crippen molar-refractivity contribution >= 4 is 5.91 Å². The van der Waals surface area contributed by atoms with E-state index in [0.29, 0.717) is 17.9 Å². The monoisotopic (exact) mass is 293 g/mol. The standard InChI is InChI=1S/C17H27NO3/c1-5-6-7-10-18-17(20)14(4)21-16-9-8-12(2)11-15(16)13(3)19/h8-9,11,13-14,19H,5-7,10H2,1-4H3,(H,18,20)/t13-,14?/m0/s1. The van der Waals surface area contributed by atoms with Crippen molar-refractivity contribution in [2.75, 3.05) is 6.54 Å². The minimum absolute atomic E-state index is 0.122. The third-order valence-corrected chi connectivity index (χ3v) is 3.37. The Morgan fingerprint density at radius 2 is 2.05 bits per heavy atom. The quantitative estimate of drug-likeness (QED) is 0.724. The minimum atomic E-state index is -0.625. The van der Waals surface area contributed by atoms with E-state index in [4.69, 9.17) is 4.74 Å². The van der Waals surface area contributed by atoms with Crippen LogP contribution >= 0.6 is 0 Å².